The number of anilines is 2. The molecule has 0 saturated carbocycles. The number of rotatable bonds is 9. The minimum absolute atomic E-state index is 0.00756. The number of nitrogens with zero attached hydrogens (tertiary/aromatic N) is 2. The van der Waals surface area contributed by atoms with Gasteiger partial charge in [0.05, 0.1) is 12.3 Å². The quantitative estimate of drug-likeness (QED) is 0.400. The van der Waals surface area contributed by atoms with Crippen molar-refractivity contribution >= 4 is 17.2 Å². The molecule has 5 nitrogen and oxygen atoms in total. The van der Waals surface area contributed by atoms with Crippen molar-refractivity contribution in [1.29, 1.82) is 0 Å². The molecule has 35 heavy (non-hydrogen) atoms. The molecule has 0 amide bonds. The van der Waals surface area contributed by atoms with Crippen molar-refractivity contribution < 1.29 is 9.13 Å². The van der Waals surface area contributed by atoms with E-state index in [2.05, 4.69) is 46.0 Å². The van der Waals surface area contributed by atoms with Crippen molar-refractivity contribution in [2.75, 3.05) is 32.1 Å². The van der Waals surface area contributed by atoms with Crippen molar-refractivity contribution in [3.05, 3.63) is 101 Å². The molecule has 2 aromatic carbocycles. The van der Waals surface area contributed by atoms with Crippen LogP contribution >= 0.6 is 0 Å². The number of benzene rings is 2. The summed E-state index contributed by atoms with van der Waals surface area (Å²) in [5.74, 6) is 0.417. The van der Waals surface area contributed by atoms with E-state index in [-0.39, 0.29) is 11.7 Å². The van der Waals surface area contributed by atoms with Gasteiger partial charge in [0, 0.05) is 37.0 Å². The van der Waals surface area contributed by atoms with E-state index in [1.165, 1.54) is 11.1 Å². The van der Waals surface area contributed by atoms with Crippen LogP contribution in [0.5, 0.6) is 0 Å². The normalized spacial score (nSPS) is 16.7. The van der Waals surface area contributed by atoms with Crippen molar-refractivity contribution in [2.45, 2.75) is 31.6 Å². The number of halogens is 1. The Balaban J connectivity index is 1.35. The van der Waals surface area contributed by atoms with Gasteiger partial charge >= 0.3 is 0 Å². The second kappa shape index (κ2) is 10.9. The van der Waals surface area contributed by atoms with Crippen LogP contribution in [-0.2, 0) is 17.6 Å². The lowest BCUT2D eigenvalue weighted by atomic mass is 9.73. The zero-order chi connectivity index (χ0) is 24.0. The highest BCUT2D eigenvalue weighted by Crippen LogP contribution is 2.45. The molecule has 0 radical (unpaired) electrons. The highest BCUT2D eigenvalue weighted by atomic mass is 19.1. The first-order chi connectivity index (χ1) is 17.2. The van der Waals surface area contributed by atoms with Gasteiger partial charge in [-0.3, -0.25) is 0 Å². The zero-order valence-corrected chi connectivity index (χ0v) is 20.1. The van der Waals surface area contributed by atoms with Crippen molar-refractivity contribution in [3.63, 3.8) is 0 Å². The van der Waals surface area contributed by atoms with Gasteiger partial charge in [0.1, 0.15) is 5.82 Å². The van der Waals surface area contributed by atoms with Crippen molar-refractivity contribution in [1.82, 2.24) is 15.3 Å². The van der Waals surface area contributed by atoms with Crippen LogP contribution in [0.15, 0.2) is 72.5 Å². The van der Waals surface area contributed by atoms with Crippen LogP contribution in [0.1, 0.15) is 41.1 Å². The summed E-state index contributed by atoms with van der Waals surface area (Å²) in [4.78, 5) is 9.53. The third-order valence-corrected chi connectivity index (χ3v) is 6.65. The maximum atomic E-state index is 14.7. The molecule has 2 aliphatic rings. The summed E-state index contributed by atoms with van der Waals surface area (Å²) >= 11 is 0. The number of hydrogen-bond acceptors (Lipinski definition) is 5. The Morgan fingerprint density at radius 3 is 2.83 bits per heavy atom. The Morgan fingerprint density at radius 2 is 1.94 bits per heavy atom. The van der Waals surface area contributed by atoms with Gasteiger partial charge in [-0.25, -0.2) is 14.4 Å². The Hall–Kier alpha value is -3.35. The minimum Gasteiger partial charge on any atom is -0.383 e. The number of fused-ring (bicyclic) bond motifs is 3. The van der Waals surface area contributed by atoms with Crippen LogP contribution in [0.4, 0.5) is 16.0 Å². The predicted octanol–water partition coefficient (Wildman–Crippen LogP) is 5.58. The van der Waals surface area contributed by atoms with E-state index in [1.807, 2.05) is 24.4 Å². The molecule has 0 aliphatic heterocycles. The average Bonchev–Trinajstić information content (AvgIpc) is 2.89. The largest absolute Gasteiger partial charge is 0.383 e. The monoisotopic (exact) mass is 470 g/mol. The van der Waals surface area contributed by atoms with Crippen molar-refractivity contribution in [2.24, 2.45) is 0 Å². The number of ether oxygens (including phenoxy) is 1. The van der Waals surface area contributed by atoms with Gasteiger partial charge in [-0.15, -0.1) is 0 Å². The Morgan fingerprint density at radius 1 is 1.06 bits per heavy atom. The Kier molecular flexibility index (Phi) is 7.31. The predicted molar refractivity (Wildman–Crippen MR) is 138 cm³/mol. The molecule has 180 valence electrons. The highest BCUT2D eigenvalue weighted by molar-refractivity contribution is 5.84. The van der Waals surface area contributed by atoms with Crippen LogP contribution in [-0.4, -0.2) is 36.8 Å². The summed E-state index contributed by atoms with van der Waals surface area (Å²) in [6, 6.07) is 15.5. The number of methoxy groups -OCH3 is 1. The van der Waals surface area contributed by atoms with Gasteiger partial charge < -0.3 is 15.4 Å². The van der Waals surface area contributed by atoms with Gasteiger partial charge in [0.15, 0.2) is 0 Å². The Labute approximate surface area is 206 Å². The summed E-state index contributed by atoms with van der Waals surface area (Å²) in [5, 5.41) is 6.76. The van der Waals surface area contributed by atoms with E-state index >= 15 is 0 Å². The molecule has 2 N–H and O–H groups in total. The average molecular weight is 471 g/mol. The molecular formula is C29H31FN4O. The maximum absolute atomic E-state index is 14.7. The van der Waals surface area contributed by atoms with Crippen LogP contribution in [0.2, 0.25) is 0 Å². The van der Waals surface area contributed by atoms with E-state index in [4.69, 9.17) is 9.72 Å². The fourth-order valence-electron chi connectivity index (χ4n) is 4.94. The number of nitrogens with one attached hydrogen (secondary N) is 2. The second-order valence-electron chi connectivity index (χ2n) is 9.02. The fraction of sp³-hybridized carbons (Fsp3) is 0.310. The molecule has 5 rings (SSSR count). The van der Waals surface area contributed by atoms with Gasteiger partial charge in [-0.05, 0) is 72.7 Å². The van der Waals surface area contributed by atoms with Gasteiger partial charge in [-0.2, -0.15) is 0 Å². The molecule has 0 saturated heterocycles. The first-order valence-corrected chi connectivity index (χ1v) is 12.3. The SMILES string of the molecule is COCCNCCc1cccc(Nc2ncc3c(n2)C2=CCCC=C2[C@H](c2ccccc2F)C3)c1. The van der Waals surface area contributed by atoms with Crippen LogP contribution in [0.25, 0.3) is 5.57 Å². The molecule has 0 unspecified atom stereocenters. The van der Waals surface area contributed by atoms with E-state index in [1.54, 1.807) is 19.2 Å². The van der Waals surface area contributed by atoms with E-state index in [9.17, 15) is 4.39 Å². The van der Waals surface area contributed by atoms with E-state index < -0.39 is 0 Å². The lowest BCUT2D eigenvalue weighted by Gasteiger charge is -2.31. The molecule has 1 atom stereocenters. The number of aromatic nitrogens is 2. The molecule has 0 fully saturated rings. The lowest BCUT2D eigenvalue weighted by molar-refractivity contribution is 0.199. The van der Waals surface area contributed by atoms with E-state index in [0.29, 0.717) is 19.0 Å². The maximum Gasteiger partial charge on any atom is 0.227 e. The van der Waals surface area contributed by atoms with Gasteiger partial charge in [0.2, 0.25) is 5.95 Å². The third kappa shape index (κ3) is 5.34. The summed E-state index contributed by atoms with van der Waals surface area (Å²) in [6.07, 6.45) is 9.98. The number of allylic oxidation sites excluding steroid dienone is 4. The smallest absolute Gasteiger partial charge is 0.227 e. The zero-order valence-electron chi connectivity index (χ0n) is 20.1. The summed E-state index contributed by atoms with van der Waals surface area (Å²) in [6.45, 7) is 2.46. The minimum atomic E-state index is -0.153. The van der Waals surface area contributed by atoms with Crippen LogP contribution < -0.4 is 10.6 Å². The summed E-state index contributed by atoms with van der Waals surface area (Å²) in [7, 11) is 1.71. The summed E-state index contributed by atoms with van der Waals surface area (Å²) in [5.41, 5.74) is 7.27. The lowest BCUT2D eigenvalue weighted by Crippen LogP contribution is -2.21. The number of hydrogen-bond donors (Lipinski definition) is 2. The molecule has 6 heteroatoms. The molecule has 2 aliphatic carbocycles. The van der Waals surface area contributed by atoms with Gasteiger partial charge in [-0.1, -0.05) is 42.5 Å². The molecular weight excluding hydrogens is 439 g/mol. The van der Waals surface area contributed by atoms with Crippen LogP contribution in [0, 0.1) is 5.82 Å². The fourth-order valence-corrected chi connectivity index (χ4v) is 4.94. The highest BCUT2D eigenvalue weighted by Gasteiger charge is 2.32. The molecule has 1 aromatic heterocycles. The first-order valence-electron chi connectivity index (χ1n) is 12.3. The van der Waals surface area contributed by atoms with Crippen LogP contribution in [0.3, 0.4) is 0 Å². The first kappa shape index (κ1) is 23.4. The molecule has 3 aromatic rings. The van der Waals surface area contributed by atoms with Gasteiger partial charge in [0.25, 0.3) is 0 Å². The molecule has 1 heterocycles. The topological polar surface area (TPSA) is 59.1 Å². The Bertz CT molecular complexity index is 1250. The molecule has 0 spiro atoms. The third-order valence-electron chi connectivity index (χ3n) is 6.65. The summed E-state index contributed by atoms with van der Waals surface area (Å²) < 4.78 is 19.8. The molecule has 0 bridgehead atoms. The van der Waals surface area contributed by atoms with Crippen molar-refractivity contribution in [3.8, 4) is 0 Å². The second-order valence-corrected chi connectivity index (χ2v) is 9.02. The van der Waals surface area contributed by atoms with E-state index in [0.717, 1.165) is 60.4 Å². The standard InChI is InChI=1S/C29H31FN4O/c1-35-16-15-31-14-13-20-7-6-8-22(17-20)33-29-32-19-21-18-26(24-10-4-5-12-27(24)30)23-9-2-3-11-25(23)28(21)34-29/h4-12,17,19,26,31H,2-3,13-16,18H2,1H3,(H,32,33,34)/t26-/m1/s1.